The van der Waals surface area contributed by atoms with Crippen LogP contribution in [0.3, 0.4) is 0 Å². The Bertz CT molecular complexity index is 1120. The summed E-state index contributed by atoms with van der Waals surface area (Å²) < 4.78 is 32.4. The second-order valence-electron chi connectivity index (χ2n) is 6.44. The lowest BCUT2D eigenvalue weighted by molar-refractivity contribution is 0.387. The average Bonchev–Trinajstić information content (AvgIpc) is 2.73. The first kappa shape index (κ1) is 18.9. The predicted octanol–water partition coefficient (Wildman–Crippen LogP) is 3.55. The minimum atomic E-state index is -3.62. The van der Waals surface area contributed by atoms with Gasteiger partial charge in [-0.2, -0.15) is 4.31 Å². The third-order valence-electron chi connectivity index (χ3n) is 4.68. The molecule has 4 rings (SSSR count). The van der Waals surface area contributed by atoms with E-state index in [-0.39, 0.29) is 11.4 Å². The Morgan fingerprint density at radius 3 is 2.64 bits per heavy atom. The number of aromatic nitrogens is 2. The molecule has 0 atom stereocenters. The molecule has 8 heteroatoms. The highest BCUT2D eigenvalue weighted by molar-refractivity contribution is 7.89. The zero-order valence-electron chi connectivity index (χ0n) is 15.2. The van der Waals surface area contributed by atoms with E-state index in [1.165, 1.54) is 10.4 Å². The molecular formula is C20H18ClN3O3S. The van der Waals surface area contributed by atoms with Crippen LogP contribution in [0.2, 0.25) is 5.02 Å². The standard InChI is InChI=1S/C20H18ClN3O3S/c1-27-17-7-5-14(6-8-17)20-22-12-15-13-24(10-9-19(15)23-20)28(25,26)18-4-2-3-16(21)11-18/h2-8,11-12H,9-10,13H2,1H3. The number of halogens is 1. The molecule has 28 heavy (non-hydrogen) atoms. The molecule has 0 saturated heterocycles. The lowest BCUT2D eigenvalue weighted by atomic mass is 10.1. The van der Waals surface area contributed by atoms with E-state index in [0.717, 1.165) is 22.6 Å². The van der Waals surface area contributed by atoms with Gasteiger partial charge in [-0.25, -0.2) is 18.4 Å². The van der Waals surface area contributed by atoms with Crippen molar-refractivity contribution in [2.24, 2.45) is 0 Å². The third-order valence-corrected chi connectivity index (χ3v) is 6.76. The van der Waals surface area contributed by atoms with Crippen LogP contribution in [0, 0.1) is 0 Å². The van der Waals surface area contributed by atoms with Crippen molar-refractivity contribution in [1.29, 1.82) is 0 Å². The van der Waals surface area contributed by atoms with Gasteiger partial charge in [-0.3, -0.25) is 0 Å². The zero-order valence-corrected chi connectivity index (χ0v) is 16.7. The fourth-order valence-electron chi connectivity index (χ4n) is 3.15. The first-order chi connectivity index (χ1) is 13.5. The van der Waals surface area contributed by atoms with Gasteiger partial charge >= 0.3 is 0 Å². The maximum absolute atomic E-state index is 12.9. The summed E-state index contributed by atoms with van der Waals surface area (Å²) in [5.41, 5.74) is 2.57. The van der Waals surface area contributed by atoms with Crippen molar-refractivity contribution >= 4 is 21.6 Å². The van der Waals surface area contributed by atoms with E-state index in [2.05, 4.69) is 9.97 Å². The first-order valence-corrected chi connectivity index (χ1v) is 10.5. The van der Waals surface area contributed by atoms with E-state index in [9.17, 15) is 8.42 Å². The number of rotatable bonds is 4. The molecule has 1 aliphatic rings. The number of hydrogen-bond donors (Lipinski definition) is 0. The molecule has 0 bridgehead atoms. The highest BCUT2D eigenvalue weighted by atomic mass is 35.5. The molecule has 0 unspecified atom stereocenters. The van der Waals surface area contributed by atoms with E-state index < -0.39 is 10.0 Å². The molecule has 2 aromatic carbocycles. The van der Waals surface area contributed by atoms with Crippen LogP contribution in [0.5, 0.6) is 5.75 Å². The SMILES string of the molecule is COc1ccc(-c2ncc3c(n2)CCN(S(=O)(=O)c2cccc(Cl)c2)C3)cc1. The first-order valence-electron chi connectivity index (χ1n) is 8.72. The molecule has 0 spiro atoms. The summed E-state index contributed by atoms with van der Waals surface area (Å²) in [5.74, 6) is 1.39. The number of sulfonamides is 1. The van der Waals surface area contributed by atoms with E-state index >= 15 is 0 Å². The van der Waals surface area contributed by atoms with E-state index in [0.29, 0.717) is 23.8 Å². The number of hydrogen-bond acceptors (Lipinski definition) is 5. The van der Waals surface area contributed by atoms with Gasteiger partial charge in [-0.15, -0.1) is 0 Å². The minimum absolute atomic E-state index is 0.194. The molecule has 0 N–H and O–H groups in total. The number of methoxy groups -OCH3 is 1. The van der Waals surface area contributed by atoms with Crippen molar-refractivity contribution < 1.29 is 13.2 Å². The molecule has 0 saturated carbocycles. The molecule has 0 amide bonds. The molecular weight excluding hydrogens is 398 g/mol. The van der Waals surface area contributed by atoms with Gasteiger partial charge in [0.25, 0.3) is 0 Å². The van der Waals surface area contributed by atoms with Gasteiger partial charge < -0.3 is 4.74 Å². The van der Waals surface area contributed by atoms with Crippen LogP contribution in [0.4, 0.5) is 0 Å². The fraction of sp³-hybridized carbons (Fsp3) is 0.200. The second kappa shape index (κ2) is 7.50. The van der Waals surface area contributed by atoms with Crippen molar-refractivity contribution in [3.05, 3.63) is 71.0 Å². The normalized spacial score (nSPS) is 14.5. The quantitative estimate of drug-likeness (QED) is 0.651. The summed E-state index contributed by atoms with van der Waals surface area (Å²) >= 11 is 5.95. The molecule has 144 valence electrons. The third kappa shape index (κ3) is 3.61. The van der Waals surface area contributed by atoms with Crippen LogP contribution in [0.25, 0.3) is 11.4 Å². The number of nitrogens with zero attached hydrogens (tertiary/aromatic N) is 3. The lowest BCUT2D eigenvalue weighted by Gasteiger charge is -2.27. The van der Waals surface area contributed by atoms with E-state index in [1.807, 2.05) is 24.3 Å². The summed E-state index contributed by atoms with van der Waals surface area (Å²) in [7, 11) is -2.00. The van der Waals surface area contributed by atoms with Gasteiger partial charge in [0.1, 0.15) is 5.75 Å². The van der Waals surface area contributed by atoms with Gasteiger partial charge in [-0.05, 0) is 42.5 Å². The second-order valence-corrected chi connectivity index (χ2v) is 8.81. The van der Waals surface area contributed by atoms with E-state index in [4.69, 9.17) is 16.3 Å². The van der Waals surface area contributed by atoms with Crippen molar-refractivity contribution in [3.63, 3.8) is 0 Å². The van der Waals surface area contributed by atoms with Crippen LogP contribution < -0.4 is 4.74 Å². The zero-order chi connectivity index (χ0) is 19.7. The van der Waals surface area contributed by atoms with Crippen LogP contribution in [0.15, 0.2) is 59.6 Å². The summed E-state index contributed by atoms with van der Waals surface area (Å²) in [6.07, 6.45) is 2.24. The van der Waals surface area contributed by atoms with Crippen molar-refractivity contribution in [3.8, 4) is 17.1 Å². The molecule has 2 heterocycles. The number of fused-ring (bicyclic) bond motifs is 1. The van der Waals surface area contributed by atoms with Crippen LogP contribution >= 0.6 is 11.6 Å². The van der Waals surface area contributed by atoms with Gasteiger partial charge in [0.15, 0.2) is 5.82 Å². The van der Waals surface area contributed by atoms with Gasteiger partial charge in [0.05, 0.1) is 17.7 Å². The average molecular weight is 416 g/mol. The summed E-state index contributed by atoms with van der Waals surface area (Å²) in [6, 6.07) is 13.8. The Morgan fingerprint density at radius 2 is 1.93 bits per heavy atom. The molecule has 0 fully saturated rings. The maximum Gasteiger partial charge on any atom is 0.243 e. The maximum atomic E-state index is 12.9. The Kier molecular flexibility index (Phi) is 5.05. The summed E-state index contributed by atoms with van der Waals surface area (Å²) in [5, 5.41) is 0.394. The van der Waals surface area contributed by atoms with Crippen molar-refractivity contribution in [2.45, 2.75) is 17.9 Å². The molecule has 1 aromatic heterocycles. The Morgan fingerprint density at radius 1 is 1.14 bits per heavy atom. The Hall–Kier alpha value is -2.48. The van der Waals surface area contributed by atoms with Gasteiger partial charge in [0.2, 0.25) is 10.0 Å². The van der Waals surface area contributed by atoms with Crippen LogP contribution in [0.1, 0.15) is 11.3 Å². The van der Waals surface area contributed by atoms with Gasteiger partial charge in [0, 0.05) is 41.9 Å². The molecule has 0 radical (unpaired) electrons. The number of ether oxygens (including phenoxy) is 1. The van der Waals surface area contributed by atoms with Crippen LogP contribution in [-0.2, 0) is 23.0 Å². The topological polar surface area (TPSA) is 72.4 Å². The smallest absolute Gasteiger partial charge is 0.243 e. The predicted molar refractivity (Wildman–Crippen MR) is 107 cm³/mol. The largest absolute Gasteiger partial charge is 0.497 e. The summed E-state index contributed by atoms with van der Waals surface area (Å²) in [6.45, 7) is 0.605. The fourth-order valence-corrected chi connectivity index (χ4v) is 4.87. The minimum Gasteiger partial charge on any atom is -0.497 e. The van der Waals surface area contributed by atoms with Gasteiger partial charge in [-0.1, -0.05) is 17.7 Å². The molecule has 1 aliphatic heterocycles. The van der Waals surface area contributed by atoms with E-state index in [1.54, 1.807) is 31.5 Å². The number of benzene rings is 2. The van der Waals surface area contributed by atoms with Crippen LogP contribution in [-0.4, -0.2) is 36.3 Å². The summed E-state index contributed by atoms with van der Waals surface area (Å²) in [4.78, 5) is 9.27. The molecule has 6 nitrogen and oxygen atoms in total. The molecule has 0 aliphatic carbocycles. The lowest BCUT2D eigenvalue weighted by Crippen LogP contribution is -2.36. The van der Waals surface area contributed by atoms with Crippen molar-refractivity contribution in [2.75, 3.05) is 13.7 Å². The highest BCUT2D eigenvalue weighted by Gasteiger charge is 2.29. The highest BCUT2D eigenvalue weighted by Crippen LogP contribution is 2.27. The molecule has 3 aromatic rings. The van der Waals surface area contributed by atoms with Crippen molar-refractivity contribution in [1.82, 2.24) is 14.3 Å². The Balaban J connectivity index is 1.59. The monoisotopic (exact) mass is 415 g/mol. The Labute approximate surface area is 168 Å².